The van der Waals surface area contributed by atoms with Gasteiger partial charge in [-0.1, -0.05) is 13.8 Å². The molecular weight excluding hydrogens is 402 g/mol. The fourth-order valence-corrected chi connectivity index (χ4v) is 4.90. The Hall–Kier alpha value is -1.35. The maximum atomic E-state index is 13.0. The molecule has 1 saturated heterocycles. The smallest absolute Gasteiger partial charge is 0.246 e. The second-order valence-corrected chi connectivity index (χ2v) is 8.54. The van der Waals surface area contributed by atoms with Crippen LogP contribution in [0.25, 0.3) is 0 Å². The van der Waals surface area contributed by atoms with Gasteiger partial charge in [0.25, 0.3) is 0 Å². The van der Waals surface area contributed by atoms with Crippen molar-refractivity contribution in [2.75, 3.05) is 38.1 Å². The van der Waals surface area contributed by atoms with Gasteiger partial charge in [-0.2, -0.15) is 4.31 Å². The van der Waals surface area contributed by atoms with Crippen LogP contribution in [0.2, 0.25) is 0 Å². The van der Waals surface area contributed by atoms with Gasteiger partial charge in [-0.25, -0.2) is 8.42 Å². The number of nitrogens with zero attached hydrogens (tertiary/aromatic N) is 1. The summed E-state index contributed by atoms with van der Waals surface area (Å²) in [6, 6.07) is 4.78. The number of rotatable bonds is 10. The number of carbonyl (C=O) groups is 1. The summed E-state index contributed by atoms with van der Waals surface area (Å²) in [6.45, 7) is 8.48. The normalized spacial score (nSPS) is 16.6. The standard InChI is InChI=1S/C19H31N3O4S.ClH/c1-4-22(5-2)27(24,25)18-13-16(8-9-17(18)26-6-3)21-19(23)10-7-15-11-12-20-14-15;/h8-9,13,15,20H,4-7,10-12,14H2,1-3H3,(H,21,23);1H. The van der Waals surface area contributed by atoms with Gasteiger partial charge in [0.1, 0.15) is 10.6 Å². The summed E-state index contributed by atoms with van der Waals surface area (Å²) in [5.74, 6) is 0.742. The highest BCUT2D eigenvalue weighted by Gasteiger charge is 2.26. The molecule has 1 aromatic carbocycles. The molecule has 28 heavy (non-hydrogen) atoms. The molecule has 1 heterocycles. The van der Waals surface area contributed by atoms with Gasteiger partial charge in [-0.15, -0.1) is 12.4 Å². The molecule has 1 fully saturated rings. The van der Waals surface area contributed by atoms with Crippen LogP contribution in [-0.2, 0) is 14.8 Å². The first-order valence-corrected chi connectivity index (χ1v) is 11.1. The minimum absolute atomic E-state index is 0. The maximum absolute atomic E-state index is 13.0. The lowest BCUT2D eigenvalue weighted by Crippen LogP contribution is -2.31. The summed E-state index contributed by atoms with van der Waals surface area (Å²) >= 11 is 0. The molecule has 1 unspecified atom stereocenters. The minimum Gasteiger partial charge on any atom is -0.492 e. The van der Waals surface area contributed by atoms with Gasteiger partial charge in [-0.3, -0.25) is 4.79 Å². The number of benzene rings is 1. The zero-order valence-electron chi connectivity index (χ0n) is 16.9. The van der Waals surface area contributed by atoms with Gasteiger partial charge >= 0.3 is 0 Å². The predicted molar refractivity (Wildman–Crippen MR) is 114 cm³/mol. The SMILES string of the molecule is CCOc1ccc(NC(=O)CCC2CCNC2)cc1S(=O)(=O)N(CC)CC.Cl. The fourth-order valence-electron chi connectivity index (χ4n) is 3.28. The van der Waals surface area contributed by atoms with Crippen molar-refractivity contribution in [3.63, 3.8) is 0 Å². The lowest BCUT2D eigenvalue weighted by Gasteiger charge is -2.21. The third kappa shape index (κ3) is 6.34. The largest absolute Gasteiger partial charge is 0.492 e. The van der Waals surface area contributed by atoms with Gasteiger partial charge in [0.15, 0.2) is 0 Å². The zero-order valence-corrected chi connectivity index (χ0v) is 18.5. The molecule has 2 rings (SSSR count). The first-order valence-electron chi connectivity index (χ1n) is 9.69. The molecule has 0 aliphatic carbocycles. The monoisotopic (exact) mass is 433 g/mol. The summed E-state index contributed by atoms with van der Waals surface area (Å²) in [5, 5.41) is 6.12. The third-order valence-electron chi connectivity index (χ3n) is 4.79. The summed E-state index contributed by atoms with van der Waals surface area (Å²) in [5.41, 5.74) is 0.471. The highest BCUT2D eigenvalue weighted by molar-refractivity contribution is 7.89. The van der Waals surface area contributed by atoms with Crippen LogP contribution in [0.5, 0.6) is 5.75 Å². The van der Waals surface area contributed by atoms with Crippen LogP contribution in [0.3, 0.4) is 0 Å². The number of nitrogens with one attached hydrogen (secondary N) is 2. The fraction of sp³-hybridized carbons (Fsp3) is 0.632. The number of hydrogen-bond donors (Lipinski definition) is 2. The number of hydrogen-bond acceptors (Lipinski definition) is 5. The lowest BCUT2D eigenvalue weighted by atomic mass is 10.0. The molecular formula is C19H32ClN3O4S. The molecule has 0 bridgehead atoms. The van der Waals surface area contributed by atoms with Crippen molar-refractivity contribution in [1.82, 2.24) is 9.62 Å². The molecule has 1 aliphatic heterocycles. The van der Waals surface area contributed by atoms with Gasteiger partial charge in [-0.05, 0) is 57.0 Å². The van der Waals surface area contributed by atoms with Crippen molar-refractivity contribution >= 4 is 34.0 Å². The van der Waals surface area contributed by atoms with Crippen LogP contribution < -0.4 is 15.4 Å². The zero-order chi connectivity index (χ0) is 19.9. The Bertz CT molecular complexity index is 733. The third-order valence-corrected chi connectivity index (χ3v) is 6.86. The summed E-state index contributed by atoms with van der Waals surface area (Å²) in [4.78, 5) is 12.4. The quantitative estimate of drug-likeness (QED) is 0.592. The number of anilines is 1. The average Bonchev–Trinajstić information content (AvgIpc) is 3.16. The topological polar surface area (TPSA) is 87.7 Å². The van der Waals surface area contributed by atoms with Gasteiger partial charge < -0.3 is 15.4 Å². The van der Waals surface area contributed by atoms with E-state index < -0.39 is 10.0 Å². The molecule has 1 atom stereocenters. The van der Waals surface area contributed by atoms with Crippen molar-refractivity contribution in [3.8, 4) is 5.75 Å². The van der Waals surface area contributed by atoms with Gasteiger partial charge in [0.05, 0.1) is 6.61 Å². The Morgan fingerprint density at radius 3 is 2.57 bits per heavy atom. The van der Waals surface area contributed by atoms with E-state index in [1.807, 2.05) is 0 Å². The Morgan fingerprint density at radius 2 is 2.00 bits per heavy atom. The van der Waals surface area contributed by atoms with E-state index in [9.17, 15) is 13.2 Å². The highest BCUT2D eigenvalue weighted by Crippen LogP contribution is 2.30. The van der Waals surface area contributed by atoms with Crippen LogP contribution in [-0.4, -0.2) is 51.4 Å². The molecule has 9 heteroatoms. The van der Waals surface area contributed by atoms with E-state index in [0.717, 1.165) is 25.9 Å². The molecule has 0 spiro atoms. The molecule has 1 amide bonds. The molecule has 0 radical (unpaired) electrons. The number of ether oxygens (including phenoxy) is 1. The van der Waals surface area contributed by atoms with Crippen LogP contribution in [0, 0.1) is 5.92 Å². The minimum atomic E-state index is -3.69. The Kier molecular flexibility index (Phi) is 10.2. The lowest BCUT2D eigenvalue weighted by molar-refractivity contribution is -0.116. The molecule has 0 aromatic heterocycles. The Morgan fingerprint density at radius 1 is 1.29 bits per heavy atom. The van der Waals surface area contributed by atoms with E-state index in [1.54, 1.807) is 32.9 Å². The van der Waals surface area contributed by atoms with E-state index in [2.05, 4.69) is 10.6 Å². The number of halogens is 1. The number of carbonyl (C=O) groups excluding carboxylic acids is 1. The second-order valence-electron chi connectivity index (χ2n) is 6.63. The average molecular weight is 434 g/mol. The molecule has 2 N–H and O–H groups in total. The van der Waals surface area contributed by atoms with Crippen LogP contribution in [0.15, 0.2) is 23.1 Å². The van der Waals surface area contributed by atoms with Gasteiger partial charge in [0, 0.05) is 25.2 Å². The predicted octanol–water partition coefficient (Wildman–Crippen LogP) is 2.87. The van der Waals surface area contributed by atoms with Crippen molar-refractivity contribution in [1.29, 1.82) is 0 Å². The Balaban J connectivity index is 0.00000392. The van der Waals surface area contributed by atoms with Crippen LogP contribution >= 0.6 is 12.4 Å². The summed E-state index contributed by atoms with van der Waals surface area (Å²) in [7, 11) is -3.69. The van der Waals surface area contributed by atoms with E-state index >= 15 is 0 Å². The highest BCUT2D eigenvalue weighted by atomic mass is 35.5. The van der Waals surface area contributed by atoms with E-state index in [4.69, 9.17) is 4.74 Å². The van der Waals surface area contributed by atoms with Crippen molar-refractivity contribution in [2.24, 2.45) is 5.92 Å². The molecule has 1 aromatic rings. The molecule has 1 aliphatic rings. The van der Waals surface area contributed by atoms with Crippen molar-refractivity contribution in [2.45, 2.75) is 44.9 Å². The number of sulfonamides is 1. The summed E-state index contributed by atoms with van der Waals surface area (Å²) in [6.07, 6.45) is 2.36. The first-order chi connectivity index (χ1) is 12.9. The van der Waals surface area contributed by atoms with Crippen LogP contribution in [0.4, 0.5) is 5.69 Å². The molecule has 160 valence electrons. The summed E-state index contributed by atoms with van der Waals surface area (Å²) < 4.78 is 32.8. The second kappa shape index (κ2) is 11.6. The van der Waals surface area contributed by atoms with E-state index in [1.165, 1.54) is 10.4 Å². The van der Waals surface area contributed by atoms with E-state index in [0.29, 0.717) is 43.5 Å². The maximum Gasteiger partial charge on any atom is 0.246 e. The molecule has 0 saturated carbocycles. The van der Waals surface area contributed by atoms with Crippen LogP contribution in [0.1, 0.15) is 40.0 Å². The number of amides is 1. The Labute approximate surface area is 174 Å². The first kappa shape index (κ1) is 24.7. The van der Waals surface area contributed by atoms with Crippen molar-refractivity contribution < 1.29 is 17.9 Å². The van der Waals surface area contributed by atoms with Gasteiger partial charge in [0.2, 0.25) is 15.9 Å². The van der Waals surface area contributed by atoms with Crippen molar-refractivity contribution in [3.05, 3.63) is 18.2 Å². The molecule has 7 nitrogen and oxygen atoms in total. The van der Waals surface area contributed by atoms with E-state index in [-0.39, 0.29) is 23.2 Å².